The van der Waals surface area contributed by atoms with Crippen molar-refractivity contribution in [2.24, 2.45) is 0 Å². The van der Waals surface area contributed by atoms with Gasteiger partial charge in [0, 0.05) is 0 Å². The second-order valence-electron chi connectivity index (χ2n) is 1.19. The molecule has 30 valence electrons. The molecule has 1 rings (SSSR count). The first-order chi connectivity index (χ1) is 2.39. The molecule has 1 heterocycles. The molecule has 0 aromatic heterocycles. The molecule has 0 N–H and O–H groups in total. The maximum absolute atomic E-state index is 4.43. The molecule has 1 atom stereocenters. The van der Waals surface area contributed by atoms with Gasteiger partial charge in [0.2, 0.25) is 0 Å². The van der Waals surface area contributed by atoms with Crippen LogP contribution in [0.2, 0.25) is 0 Å². The highest BCUT2D eigenvalue weighted by Crippen LogP contribution is 2.02. The standard InChI is InChI=1S/C3H6O2/c1-3-2-4-5-3/h3H,2H2,1H3/t3-/m1/s1. The zero-order valence-electron chi connectivity index (χ0n) is 3.10. The fraction of sp³-hybridized carbons (Fsp3) is 1.00. The van der Waals surface area contributed by atoms with E-state index in [0.717, 1.165) is 6.61 Å². The summed E-state index contributed by atoms with van der Waals surface area (Å²) in [4.78, 5) is 8.77. The van der Waals surface area contributed by atoms with Crippen molar-refractivity contribution in [3.63, 3.8) is 0 Å². The van der Waals surface area contributed by atoms with Crippen LogP contribution in [0.15, 0.2) is 0 Å². The minimum absolute atomic E-state index is 0.343. The molecular weight excluding hydrogens is 68.0 g/mol. The van der Waals surface area contributed by atoms with E-state index in [-0.39, 0.29) is 0 Å². The molecule has 1 aliphatic heterocycles. The molecule has 1 saturated heterocycles. The second kappa shape index (κ2) is 0.954. The minimum atomic E-state index is 0.343. The van der Waals surface area contributed by atoms with Gasteiger partial charge < -0.3 is 0 Å². The van der Waals surface area contributed by atoms with E-state index in [1.165, 1.54) is 0 Å². The molecule has 0 aliphatic carbocycles. The van der Waals surface area contributed by atoms with Gasteiger partial charge in [-0.3, -0.25) is 0 Å². The van der Waals surface area contributed by atoms with Gasteiger partial charge in [-0.05, 0) is 6.92 Å². The Kier molecular flexibility index (Phi) is 0.596. The molecule has 5 heavy (non-hydrogen) atoms. The van der Waals surface area contributed by atoms with Gasteiger partial charge in [0.15, 0.2) is 0 Å². The van der Waals surface area contributed by atoms with Crippen LogP contribution in [0.25, 0.3) is 0 Å². The van der Waals surface area contributed by atoms with Crippen molar-refractivity contribution < 1.29 is 9.78 Å². The Hall–Kier alpha value is -0.0800. The average molecular weight is 74.1 g/mol. The van der Waals surface area contributed by atoms with E-state index >= 15 is 0 Å². The SMILES string of the molecule is C[C@@H]1COO1. The Morgan fingerprint density at radius 2 is 2.20 bits per heavy atom. The lowest BCUT2D eigenvalue weighted by atomic mass is 10.4. The van der Waals surface area contributed by atoms with Crippen LogP contribution >= 0.6 is 0 Å². The topological polar surface area (TPSA) is 18.5 Å². The van der Waals surface area contributed by atoms with Crippen LogP contribution in [0.5, 0.6) is 0 Å². The van der Waals surface area contributed by atoms with E-state index in [2.05, 4.69) is 9.78 Å². The van der Waals surface area contributed by atoms with E-state index < -0.39 is 0 Å². The highest BCUT2D eigenvalue weighted by molar-refractivity contribution is 4.45. The summed E-state index contributed by atoms with van der Waals surface area (Å²) in [5, 5.41) is 0. The molecule has 0 spiro atoms. The highest BCUT2D eigenvalue weighted by Gasteiger charge is 2.11. The molecule has 2 heteroatoms. The Labute approximate surface area is 30.6 Å². The van der Waals surface area contributed by atoms with E-state index in [0.29, 0.717) is 6.10 Å². The van der Waals surface area contributed by atoms with Crippen LogP contribution < -0.4 is 0 Å². The summed E-state index contributed by atoms with van der Waals surface area (Å²) in [7, 11) is 0. The number of rotatable bonds is 0. The molecule has 1 aliphatic rings. The summed E-state index contributed by atoms with van der Waals surface area (Å²) < 4.78 is 0. The highest BCUT2D eigenvalue weighted by atomic mass is 17.2. The third kappa shape index (κ3) is 0.412. The van der Waals surface area contributed by atoms with Gasteiger partial charge >= 0.3 is 0 Å². The monoisotopic (exact) mass is 74.0 g/mol. The van der Waals surface area contributed by atoms with Crippen molar-refractivity contribution in [2.45, 2.75) is 13.0 Å². The summed E-state index contributed by atoms with van der Waals surface area (Å²) in [6.45, 7) is 2.73. The Morgan fingerprint density at radius 1 is 1.80 bits per heavy atom. The van der Waals surface area contributed by atoms with Gasteiger partial charge in [-0.25, -0.2) is 9.78 Å². The van der Waals surface area contributed by atoms with Gasteiger partial charge in [0.1, 0.15) is 12.7 Å². The molecule has 0 unspecified atom stereocenters. The predicted octanol–water partition coefficient (Wildman–Crippen LogP) is 0.337. The lowest BCUT2D eigenvalue weighted by molar-refractivity contribution is -0.419. The minimum Gasteiger partial charge on any atom is -0.234 e. The predicted molar refractivity (Wildman–Crippen MR) is 16.5 cm³/mol. The van der Waals surface area contributed by atoms with Crippen molar-refractivity contribution in [3.05, 3.63) is 0 Å². The summed E-state index contributed by atoms with van der Waals surface area (Å²) in [6.07, 6.45) is 0.343. The van der Waals surface area contributed by atoms with Crippen LogP contribution in [0.1, 0.15) is 6.92 Å². The quantitative estimate of drug-likeness (QED) is 0.386. The van der Waals surface area contributed by atoms with Gasteiger partial charge in [-0.1, -0.05) is 0 Å². The lowest BCUT2D eigenvalue weighted by Crippen LogP contribution is -2.26. The Balaban J connectivity index is 2.08. The second-order valence-corrected chi connectivity index (χ2v) is 1.19. The van der Waals surface area contributed by atoms with E-state index in [4.69, 9.17) is 0 Å². The summed E-state index contributed by atoms with van der Waals surface area (Å²) in [5.74, 6) is 0. The zero-order valence-corrected chi connectivity index (χ0v) is 3.10. The summed E-state index contributed by atoms with van der Waals surface area (Å²) in [6, 6.07) is 0. The third-order valence-electron chi connectivity index (χ3n) is 0.535. The molecule has 0 aromatic rings. The fourth-order valence-corrected chi connectivity index (χ4v) is 0.204. The summed E-state index contributed by atoms with van der Waals surface area (Å²) >= 11 is 0. The molecular formula is C3H6O2. The largest absolute Gasteiger partial charge is 0.234 e. The van der Waals surface area contributed by atoms with Gasteiger partial charge in [0.25, 0.3) is 0 Å². The first-order valence-corrected chi connectivity index (χ1v) is 1.68. The smallest absolute Gasteiger partial charge is 0.117 e. The van der Waals surface area contributed by atoms with Crippen LogP contribution in [-0.4, -0.2) is 12.7 Å². The van der Waals surface area contributed by atoms with Crippen molar-refractivity contribution in [1.82, 2.24) is 0 Å². The van der Waals surface area contributed by atoms with Crippen molar-refractivity contribution >= 4 is 0 Å². The average Bonchev–Trinajstić information content (AvgIpc) is 1.30. The Morgan fingerprint density at radius 3 is 2.20 bits per heavy atom. The van der Waals surface area contributed by atoms with Gasteiger partial charge in [-0.15, -0.1) is 0 Å². The Bertz CT molecular complexity index is 31.9. The normalized spacial score (nSPS) is 36.6. The van der Waals surface area contributed by atoms with Crippen LogP contribution in [0, 0.1) is 0 Å². The number of hydrogen-bond acceptors (Lipinski definition) is 2. The molecule has 1 fully saturated rings. The molecule has 2 nitrogen and oxygen atoms in total. The van der Waals surface area contributed by atoms with Crippen molar-refractivity contribution in [2.75, 3.05) is 6.61 Å². The first-order valence-electron chi connectivity index (χ1n) is 1.68. The van der Waals surface area contributed by atoms with Crippen LogP contribution in [0.4, 0.5) is 0 Å². The van der Waals surface area contributed by atoms with Crippen LogP contribution in [0.3, 0.4) is 0 Å². The molecule has 0 bridgehead atoms. The number of hydrogen-bond donors (Lipinski definition) is 0. The molecule has 0 saturated carbocycles. The molecule has 0 radical (unpaired) electrons. The third-order valence-corrected chi connectivity index (χ3v) is 0.535. The van der Waals surface area contributed by atoms with Crippen LogP contribution in [-0.2, 0) is 9.78 Å². The fourth-order valence-electron chi connectivity index (χ4n) is 0.204. The lowest BCUT2D eigenvalue weighted by Gasteiger charge is -2.18. The van der Waals surface area contributed by atoms with E-state index in [1.807, 2.05) is 6.92 Å². The first kappa shape index (κ1) is 3.12. The molecule has 0 aromatic carbocycles. The van der Waals surface area contributed by atoms with Crippen molar-refractivity contribution in [1.29, 1.82) is 0 Å². The maximum atomic E-state index is 4.43. The molecule has 0 amide bonds. The zero-order chi connectivity index (χ0) is 3.70. The van der Waals surface area contributed by atoms with E-state index in [9.17, 15) is 0 Å². The summed E-state index contributed by atoms with van der Waals surface area (Å²) in [5.41, 5.74) is 0. The van der Waals surface area contributed by atoms with Gasteiger partial charge in [-0.2, -0.15) is 0 Å². The van der Waals surface area contributed by atoms with Gasteiger partial charge in [0.05, 0.1) is 0 Å². The van der Waals surface area contributed by atoms with E-state index in [1.54, 1.807) is 0 Å². The maximum Gasteiger partial charge on any atom is 0.117 e. The van der Waals surface area contributed by atoms with Crippen molar-refractivity contribution in [3.8, 4) is 0 Å².